The molecule has 4 nitrogen and oxygen atoms in total. The van der Waals surface area contributed by atoms with Crippen LogP contribution in [0.1, 0.15) is 31.8 Å². The van der Waals surface area contributed by atoms with Crippen LogP contribution in [0.3, 0.4) is 0 Å². The minimum Gasteiger partial charge on any atom is -0.297 e. The molecular formula is C26H23FN2O2. The van der Waals surface area contributed by atoms with E-state index in [0.717, 1.165) is 24.2 Å². The molecule has 1 aliphatic heterocycles. The largest absolute Gasteiger partial charge is 0.297 e. The molecule has 1 aliphatic carbocycles. The zero-order valence-electron chi connectivity index (χ0n) is 17.1. The van der Waals surface area contributed by atoms with Crippen molar-refractivity contribution in [1.29, 1.82) is 0 Å². The first kappa shape index (κ1) is 19.8. The molecule has 0 unspecified atom stereocenters. The Morgan fingerprint density at radius 2 is 1.26 bits per heavy atom. The van der Waals surface area contributed by atoms with E-state index in [2.05, 4.69) is 4.90 Å². The first-order chi connectivity index (χ1) is 15.1. The average molecular weight is 414 g/mol. The Kier molecular flexibility index (Phi) is 5.00. The lowest BCUT2D eigenvalue weighted by Crippen LogP contribution is -2.60. The summed E-state index contributed by atoms with van der Waals surface area (Å²) >= 11 is 0. The lowest BCUT2D eigenvalue weighted by atomic mass is 9.82. The zero-order valence-corrected chi connectivity index (χ0v) is 17.1. The van der Waals surface area contributed by atoms with Gasteiger partial charge in [0.05, 0.1) is 0 Å². The van der Waals surface area contributed by atoms with Gasteiger partial charge in [-0.3, -0.25) is 19.4 Å². The maximum Gasteiger partial charge on any atom is 0.196 e. The molecule has 0 N–H and O–H groups in total. The summed E-state index contributed by atoms with van der Waals surface area (Å²) in [7, 11) is 0. The first-order valence-corrected chi connectivity index (χ1v) is 10.6. The maximum atomic E-state index is 13.7. The van der Waals surface area contributed by atoms with E-state index >= 15 is 0 Å². The zero-order chi connectivity index (χ0) is 21.4. The summed E-state index contributed by atoms with van der Waals surface area (Å²) in [4.78, 5) is 31.8. The number of benzene rings is 3. The molecule has 1 saturated heterocycles. The molecule has 0 aromatic heterocycles. The Hall–Kier alpha value is -3.15. The van der Waals surface area contributed by atoms with E-state index in [0.29, 0.717) is 30.8 Å². The highest BCUT2D eigenvalue weighted by Crippen LogP contribution is 2.42. The van der Waals surface area contributed by atoms with Crippen LogP contribution in [0.15, 0.2) is 78.9 Å². The third-order valence-electron chi connectivity index (χ3n) is 6.43. The normalized spacial score (nSPS) is 18.9. The number of carbonyl (C=O) groups is 2. The Morgan fingerprint density at radius 3 is 1.84 bits per heavy atom. The summed E-state index contributed by atoms with van der Waals surface area (Å²) in [6.45, 7) is 3.36. The number of piperazine rings is 1. The van der Waals surface area contributed by atoms with E-state index in [4.69, 9.17) is 0 Å². The molecule has 5 rings (SSSR count). The third-order valence-corrected chi connectivity index (χ3v) is 6.43. The number of carbonyl (C=O) groups excluding carboxylic acids is 2. The fraction of sp³-hybridized carbons (Fsp3) is 0.231. The number of hydrogen-bond donors (Lipinski definition) is 0. The molecule has 2 aliphatic rings. The minimum absolute atomic E-state index is 0.133. The van der Waals surface area contributed by atoms with Gasteiger partial charge in [-0.1, -0.05) is 66.7 Å². The molecule has 1 heterocycles. The highest BCUT2D eigenvalue weighted by molar-refractivity contribution is 6.32. The average Bonchev–Trinajstić information content (AvgIpc) is 3.04. The van der Waals surface area contributed by atoms with Gasteiger partial charge in [0.25, 0.3) is 0 Å². The number of ketones is 2. The number of rotatable bonds is 4. The smallest absolute Gasteiger partial charge is 0.196 e. The van der Waals surface area contributed by atoms with Crippen LogP contribution in [0, 0.1) is 5.82 Å². The summed E-state index contributed by atoms with van der Waals surface area (Å²) in [5.74, 6) is -0.506. The monoisotopic (exact) mass is 414 g/mol. The topological polar surface area (TPSA) is 40.6 Å². The first-order valence-electron chi connectivity index (χ1n) is 10.6. The van der Waals surface area contributed by atoms with Crippen molar-refractivity contribution in [2.24, 2.45) is 0 Å². The molecule has 1 fully saturated rings. The van der Waals surface area contributed by atoms with Crippen molar-refractivity contribution in [1.82, 2.24) is 9.80 Å². The van der Waals surface area contributed by atoms with Gasteiger partial charge < -0.3 is 0 Å². The van der Waals surface area contributed by atoms with Crippen LogP contribution in [-0.2, 0) is 12.1 Å². The van der Waals surface area contributed by atoms with Crippen LogP contribution in [0.2, 0.25) is 0 Å². The second-order valence-electron chi connectivity index (χ2n) is 8.17. The fourth-order valence-electron chi connectivity index (χ4n) is 4.87. The Balaban J connectivity index is 1.44. The van der Waals surface area contributed by atoms with Gasteiger partial charge in [-0.15, -0.1) is 0 Å². The quantitative estimate of drug-likeness (QED) is 0.607. The number of Topliss-reactive ketones (excluding diaryl/α,β-unsaturated/α-hetero) is 2. The number of nitrogens with zero attached hydrogens (tertiary/aromatic N) is 2. The Labute approximate surface area is 180 Å². The van der Waals surface area contributed by atoms with Crippen LogP contribution in [0.25, 0.3) is 0 Å². The highest BCUT2D eigenvalue weighted by atomic mass is 19.1. The van der Waals surface area contributed by atoms with Gasteiger partial charge in [-0.05, 0) is 23.3 Å². The van der Waals surface area contributed by atoms with Crippen LogP contribution in [0.5, 0.6) is 0 Å². The van der Waals surface area contributed by atoms with E-state index in [1.165, 1.54) is 12.1 Å². The standard InChI is InChI=1S/C26H23FN2O2/c27-21-12-10-19(11-13-21)18-28-14-16-29(17-15-28)26(20-6-2-1-3-7-20)24(30)22-8-4-5-9-23(22)25(26)31/h1-13H,14-18H2. The maximum absolute atomic E-state index is 13.7. The van der Waals surface area contributed by atoms with Crippen molar-refractivity contribution in [3.63, 3.8) is 0 Å². The second-order valence-corrected chi connectivity index (χ2v) is 8.17. The number of halogens is 1. The molecule has 0 amide bonds. The molecule has 3 aromatic rings. The van der Waals surface area contributed by atoms with Crippen LogP contribution >= 0.6 is 0 Å². The van der Waals surface area contributed by atoms with Crippen molar-refractivity contribution < 1.29 is 14.0 Å². The van der Waals surface area contributed by atoms with Gasteiger partial charge in [0.2, 0.25) is 0 Å². The van der Waals surface area contributed by atoms with Gasteiger partial charge in [0, 0.05) is 43.9 Å². The van der Waals surface area contributed by atoms with Gasteiger partial charge in [0.1, 0.15) is 5.82 Å². The van der Waals surface area contributed by atoms with E-state index in [-0.39, 0.29) is 17.4 Å². The van der Waals surface area contributed by atoms with Crippen molar-refractivity contribution in [3.8, 4) is 0 Å². The summed E-state index contributed by atoms with van der Waals surface area (Å²) in [6.07, 6.45) is 0. The van der Waals surface area contributed by atoms with Gasteiger partial charge in [-0.25, -0.2) is 4.39 Å². The predicted octanol–water partition coefficient (Wildman–Crippen LogP) is 3.92. The van der Waals surface area contributed by atoms with E-state index in [1.54, 1.807) is 24.3 Å². The van der Waals surface area contributed by atoms with Gasteiger partial charge in [0.15, 0.2) is 17.1 Å². The van der Waals surface area contributed by atoms with Crippen molar-refractivity contribution >= 4 is 11.6 Å². The molecular weight excluding hydrogens is 391 g/mol. The molecule has 156 valence electrons. The van der Waals surface area contributed by atoms with Crippen molar-refractivity contribution in [2.75, 3.05) is 26.2 Å². The lowest BCUT2D eigenvalue weighted by molar-refractivity contribution is 0.0279. The van der Waals surface area contributed by atoms with Gasteiger partial charge >= 0.3 is 0 Å². The second kappa shape index (κ2) is 7.84. The molecule has 0 saturated carbocycles. The minimum atomic E-state index is -1.30. The highest BCUT2D eigenvalue weighted by Gasteiger charge is 2.58. The molecule has 31 heavy (non-hydrogen) atoms. The Morgan fingerprint density at radius 1 is 0.710 bits per heavy atom. The summed E-state index contributed by atoms with van der Waals surface area (Å²) < 4.78 is 13.2. The van der Waals surface area contributed by atoms with Gasteiger partial charge in [-0.2, -0.15) is 0 Å². The summed E-state index contributed by atoms with van der Waals surface area (Å²) in [6, 6.07) is 23.1. The lowest BCUT2D eigenvalue weighted by Gasteiger charge is -2.44. The summed E-state index contributed by atoms with van der Waals surface area (Å²) in [5.41, 5.74) is 1.49. The molecule has 0 atom stereocenters. The molecule has 0 radical (unpaired) electrons. The molecule has 0 spiro atoms. The molecule has 5 heteroatoms. The number of fused-ring (bicyclic) bond motifs is 1. The molecule has 0 bridgehead atoms. The van der Waals surface area contributed by atoms with Crippen molar-refractivity contribution in [2.45, 2.75) is 12.1 Å². The van der Waals surface area contributed by atoms with Crippen LogP contribution in [-0.4, -0.2) is 47.5 Å². The predicted molar refractivity (Wildman–Crippen MR) is 116 cm³/mol. The third kappa shape index (κ3) is 3.21. The number of hydrogen-bond acceptors (Lipinski definition) is 4. The van der Waals surface area contributed by atoms with Crippen LogP contribution in [0.4, 0.5) is 4.39 Å². The SMILES string of the molecule is O=C1c2ccccc2C(=O)C1(c1ccccc1)N1CCN(Cc2ccc(F)cc2)CC1. The van der Waals surface area contributed by atoms with E-state index in [1.807, 2.05) is 47.4 Å². The van der Waals surface area contributed by atoms with E-state index < -0.39 is 5.54 Å². The molecule has 3 aromatic carbocycles. The summed E-state index contributed by atoms with van der Waals surface area (Å²) in [5, 5.41) is 0. The van der Waals surface area contributed by atoms with Crippen molar-refractivity contribution in [3.05, 3.63) is 107 Å². The van der Waals surface area contributed by atoms with Crippen LogP contribution < -0.4 is 0 Å². The fourth-order valence-corrected chi connectivity index (χ4v) is 4.87. The Bertz CT molecular complexity index is 1080. The van der Waals surface area contributed by atoms with E-state index in [9.17, 15) is 14.0 Å².